The number of halogens is 1. The van der Waals surface area contributed by atoms with Gasteiger partial charge in [0.15, 0.2) is 0 Å². The summed E-state index contributed by atoms with van der Waals surface area (Å²) in [4.78, 5) is 17.4. The molecule has 1 heterocycles. The van der Waals surface area contributed by atoms with Crippen molar-refractivity contribution in [3.63, 3.8) is 0 Å². The number of hydrogen-bond acceptors (Lipinski definition) is 3. The first-order chi connectivity index (χ1) is 15.8. The number of aromatic amines is 1. The Kier molecular flexibility index (Phi) is 7.05. The van der Waals surface area contributed by atoms with Crippen LogP contribution >= 0.6 is 0 Å². The van der Waals surface area contributed by atoms with Crippen LogP contribution in [-0.2, 0) is 13.0 Å². The minimum Gasteiger partial charge on any atom is -0.389 e. The molecule has 1 aliphatic rings. The summed E-state index contributed by atoms with van der Waals surface area (Å²) in [6.45, 7) is 6.71. The molecule has 0 fully saturated rings. The molecule has 2 N–H and O–H groups in total. The third kappa shape index (κ3) is 5.07. The van der Waals surface area contributed by atoms with E-state index in [-0.39, 0.29) is 23.3 Å². The number of rotatable bonds is 9. The molecule has 0 aliphatic heterocycles. The van der Waals surface area contributed by atoms with Gasteiger partial charge in [0.2, 0.25) is 0 Å². The summed E-state index contributed by atoms with van der Waals surface area (Å²) in [7, 11) is 2.09. The van der Waals surface area contributed by atoms with Crippen molar-refractivity contribution < 1.29 is 9.50 Å². The second kappa shape index (κ2) is 9.82. The van der Waals surface area contributed by atoms with Crippen LogP contribution in [0, 0.1) is 11.7 Å². The number of hydrogen-bond donors (Lipinski definition) is 2. The van der Waals surface area contributed by atoms with Gasteiger partial charge < -0.3 is 15.0 Å². The molecule has 33 heavy (non-hydrogen) atoms. The van der Waals surface area contributed by atoms with Gasteiger partial charge in [0.05, 0.1) is 16.6 Å². The van der Waals surface area contributed by atoms with Gasteiger partial charge in [0.1, 0.15) is 5.82 Å². The predicted octanol–water partition coefficient (Wildman–Crippen LogP) is 4.69. The van der Waals surface area contributed by atoms with Crippen molar-refractivity contribution in [3.05, 3.63) is 69.9 Å². The first kappa shape index (κ1) is 23.7. The molecule has 5 nitrogen and oxygen atoms in total. The molecule has 0 spiro atoms. The van der Waals surface area contributed by atoms with Crippen molar-refractivity contribution in [1.29, 1.82) is 0 Å². The minimum absolute atomic E-state index is 0.0176. The normalized spacial score (nSPS) is 20.6. The zero-order valence-electron chi connectivity index (χ0n) is 20.0. The number of aliphatic hydroxyl groups is 1. The van der Waals surface area contributed by atoms with Crippen LogP contribution in [0.1, 0.15) is 56.6 Å². The molecular weight excluding hydrogens is 417 g/mol. The molecule has 0 saturated carbocycles. The highest BCUT2D eigenvalue weighted by Crippen LogP contribution is 2.45. The van der Waals surface area contributed by atoms with Gasteiger partial charge in [-0.25, -0.2) is 9.18 Å². The third-order valence-electron chi connectivity index (χ3n) is 7.29. The Balaban J connectivity index is 1.30. The Morgan fingerprint density at radius 2 is 2.00 bits per heavy atom. The molecule has 2 atom stereocenters. The zero-order chi connectivity index (χ0) is 23.6. The first-order valence-corrected chi connectivity index (χ1v) is 12.2. The van der Waals surface area contributed by atoms with Gasteiger partial charge in [-0.1, -0.05) is 32.0 Å². The maximum Gasteiger partial charge on any atom is 0.326 e. The fourth-order valence-electron chi connectivity index (χ4n) is 5.63. The lowest BCUT2D eigenvalue weighted by Gasteiger charge is -2.44. The van der Waals surface area contributed by atoms with E-state index in [2.05, 4.69) is 30.8 Å². The number of para-hydroxylation sites is 2. The van der Waals surface area contributed by atoms with E-state index in [1.165, 1.54) is 6.07 Å². The predicted molar refractivity (Wildman–Crippen MR) is 131 cm³/mol. The Hall–Kier alpha value is -2.44. The number of nitrogens with zero attached hydrogens (tertiary/aromatic N) is 2. The fourth-order valence-corrected chi connectivity index (χ4v) is 5.63. The van der Waals surface area contributed by atoms with Crippen molar-refractivity contribution in [3.8, 4) is 0 Å². The number of unbranched alkanes of at least 4 members (excludes halogenated alkanes) is 1. The minimum atomic E-state index is -0.773. The lowest BCUT2D eigenvalue weighted by molar-refractivity contribution is -0.0301. The van der Waals surface area contributed by atoms with Crippen LogP contribution in [0.15, 0.2) is 47.3 Å². The molecule has 0 unspecified atom stereocenters. The van der Waals surface area contributed by atoms with Gasteiger partial charge in [-0.2, -0.15) is 0 Å². The Labute approximate surface area is 195 Å². The van der Waals surface area contributed by atoms with Gasteiger partial charge in [0.25, 0.3) is 0 Å². The van der Waals surface area contributed by atoms with Gasteiger partial charge in [-0.3, -0.25) is 4.57 Å². The summed E-state index contributed by atoms with van der Waals surface area (Å²) in [6, 6.07) is 12.8. The number of benzene rings is 2. The topological polar surface area (TPSA) is 61.3 Å². The monoisotopic (exact) mass is 453 g/mol. The highest BCUT2D eigenvalue weighted by atomic mass is 19.1. The summed E-state index contributed by atoms with van der Waals surface area (Å²) < 4.78 is 15.5. The van der Waals surface area contributed by atoms with Crippen molar-refractivity contribution in [1.82, 2.24) is 14.5 Å². The van der Waals surface area contributed by atoms with Crippen molar-refractivity contribution in [2.75, 3.05) is 20.1 Å². The molecule has 178 valence electrons. The van der Waals surface area contributed by atoms with Crippen LogP contribution in [0.3, 0.4) is 0 Å². The summed E-state index contributed by atoms with van der Waals surface area (Å²) >= 11 is 0. The molecule has 1 aromatic heterocycles. The van der Waals surface area contributed by atoms with E-state index >= 15 is 0 Å². The van der Waals surface area contributed by atoms with Gasteiger partial charge in [-0.15, -0.1) is 0 Å². The van der Waals surface area contributed by atoms with E-state index in [1.54, 1.807) is 6.07 Å². The molecule has 0 saturated heterocycles. The molecule has 1 aliphatic carbocycles. The molecule has 2 aromatic carbocycles. The van der Waals surface area contributed by atoms with E-state index < -0.39 is 5.60 Å². The molecular formula is C27H36FN3O2. The summed E-state index contributed by atoms with van der Waals surface area (Å²) in [5.41, 5.74) is 3.15. The summed E-state index contributed by atoms with van der Waals surface area (Å²) in [5.74, 6) is 0.0969. The second-order valence-electron chi connectivity index (χ2n) is 10.0. The molecule has 0 radical (unpaired) electrons. The van der Waals surface area contributed by atoms with Crippen molar-refractivity contribution in [2.45, 2.75) is 64.0 Å². The van der Waals surface area contributed by atoms with Gasteiger partial charge in [-0.05, 0) is 87.0 Å². The largest absolute Gasteiger partial charge is 0.389 e. The highest BCUT2D eigenvalue weighted by molar-refractivity contribution is 5.74. The maximum atomic E-state index is 13.7. The number of fused-ring (bicyclic) bond motifs is 2. The number of imidazole rings is 1. The summed E-state index contributed by atoms with van der Waals surface area (Å²) in [5, 5.41) is 11.6. The Morgan fingerprint density at radius 1 is 1.21 bits per heavy atom. The molecule has 0 bridgehead atoms. The number of aromatic nitrogens is 2. The van der Waals surface area contributed by atoms with Crippen LogP contribution in [-0.4, -0.2) is 45.3 Å². The van der Waals surface area contributed by atoms with Crippen molar-refractivity contribution in [2.24, 2.45) is 5.92 Å². The van der Waals surface area contributed by atoms with Gasteiger partial charge in [0, 0.05) is 19.0 Å². The number of H-pyrrole nitrogens is 1. The van der Waals surface area contributed by atoms with E-state index in [9.17, 15) is 14.3 Å². The van der Waals surface area contributed by atoms with E-state index in [0.717, 1.165) is 54.5 Å². The average Bonchev–Trinajstić information content (AvgIpc) is 3.10. The fraction of sp³-hybridized carbons (Fsp3) is 0.519. The van der Waals surface area contributed by atoms with Gasteiger partial charge >= 0.3 is 5.69 Å². The molecule has 0 amide bonds. The Morgan fingerprint density at radius 3 is 2.79 bits per heavy atom. The van der Waals surface area contributed by atoms with E-state index in [0.29, 0.717) is 19.4 Å². The van der Waals surface area contributed by atoms with Crippen LogP contribution in [0.25, 0.3) is 11.0 Å². The average molecular weight is 454 g/mol. The summed E-state index contributed by atoms with van der Waals surface area (Å²) in [6.07, 6.45) is 3.99. The smallest absolute Gasteiger partial charge is 0.326 e. The van der Waals surface area contributed by atoms with E-state index in [1.807, 2.05) is 34.9 Å². The third-order valence-corrected chi connectivity index (χ3v) is 7.29. The van der Waals surface area contributed by atoms with Crippen LogP contribution in [0.5, 0.6) is 0 Å². The lowest BCUT2D eigenvalue weighted by atomic mass is 9.66. The molecule has 3 aromatic rings. The van der Waals surface area contributed by atoms with Crippen LogP contribution in [0.2, 0.25) is 0 Å². The van der Waals surface area contributed by atoms with E-state index in [4.69, 9.17) is 0 Å². The SMILES string of the molecule is CC(C)[C@H]1c2ccc(F)cc2CC[C@]1(O)CCN(C)CCCCn1c(=O)[nH]c2ccccc21. The maximum absolute atomic E-state index is 13.7. The standard InChI is InChI=1S/C27H36FN3O2/c1-19(2)25-22-11-10-21(28)18-20(22)12-13-27(25,33)14-17-30(3)15-6-7-16-31-24-9-5-4-8-23(24)29-26(31)32/h4-5,8-11,18-19,25,33H,6-7,12-17H2,1-3H3,(H,29,32)/t25-,27-/m0/s1. The first-order valence-electron chi connectivity index (χ1n) is 12.2. The highest BCUT2D eigenvalue weighted by Gasteiger charge is 2.43. The molecule has 6 heteroatoms. The zero-order valence-corrected chi connectivity index (χ0v) is 20.0. The van der Waals surface area contributed by atoms with Crippen LogP contribution in [0.4, 0.5) is 4.39 Å². The quantitative estimate of drug-likeness (QED) is 0.462. The van der Waals surface area contributed by atoms with Crippen molar-refractivity contribution >= 4 is 11.0 Å². The number of nitrogens with one attached hydrogen (secondary N) is 1. The Bertz CT molecular complexity index is 1150. The molecule has 4 rings (SSSR count). The van der Waals surface area contributed by atoms with Crippen LogP contribution < -0.4 is 5.69 Å². The lowest BCUT2D eigenvalue weighted by Crippen LogP contribution is -2.45. The second-order valence-corrected chi connectivity index (χ2v) is 10.0. The number of aryl methyl sites for hydroxylation is 2.